The van der Waals surface area contributed by atoms with Crippen molar-refractivity contribution in [2.75, 3.05) is 6.61 Å². The van der Waals surface area contributed by atoms with Gasteiger partial charge in [-0.25, -0.2) is 4.99 Å². The number of halogens is 2. The van der Waals surface area contributed by atoms with Crippen LogP contribution in [0, 0.1) is 5.92 Å². The number of rotatable bonds is 7. The maximum absolute atomic E-state index is 12.6. The van der Waals surface area contributed by atoms with E-state index in [0.717, 1.165) is 29.2 Å². The van der Waals surface area contributed by atoms with Crippen LogP contribution in [0.3, 0.4) is 0 Å². The summed E-state index contributed by atoms with van der Waals surface area (Å²) in [5.74, 6) is 0.558. The second-order valence-corrected chi connectivity index (χ2v) is 6.55. The van der Waals surface area contributed by atoms with Gasteiger partial charge in [0.15, 0.2) is 11.5 Å². The first-order valence-electron chi connectivity index (χ1n) is 8.72. The molecule has 2 aliphatic rings. The SMILES string of the molecule is O=C1C=c2c(/C=C/c3ccc(OC(F)F)c(OCC4CC4)c3)cccc2=N1. The van der Waals surface area contributed by atoms with E-state index in [1.807, 2.05) is 24.3 Å². The molecule has 1 aliphatic carbocycles. The topological polar surface area (TPSA) is 47.9 Å². The van der Waals surface area contributed by atoms with Crippen LogP contribution in [0.5, 0.6) is 11.5 Å². The summed E-state index contributed by atoms with van der Waals surface area (Å²) >= 11 is 0. The lowest BCUT2D eigenvalue weighted by molar-refractivity contribution is -0.112. The number of fused-ring (bicyclic) bond motifs is 1. The first kappa shape index (κ1) is 17.4. The number of amides is 1. The summed E-state index contributed by atoms with van der Waals surface area (Å²) in [7, 11) is 0. The Balaban J connectivity index is 1.60. The Bertz CT molecular complexity index is 1030. The summed E-state index contributed by atoms with van der Waals surface area (Å²) in [5, 5.41) is 1.43. The molecule has 27 heavy (non-hydrogen) atoms. The summed E-state index contributed by atoms with van der Waals surface area (Å²) in [4.78, 5) is 15.4. The van der Waals surface area contributed by atoms with Gasteiger partial charge in [0.2, 0.25) is 0 Å². The molecule has 4 rings (SSSR count). The van der Waals surface area contributed by atoms with Gasteiger partial charge in [0.25, 0.3) is 5.91 Å². The smallest absolute Gasteiger partial charge is 0.387 e. The Morgan fingerprint density at radius 1 is 1.15 bits per heavy atom. The van der Waals surface area contributed by atoms with Gasteiger partial charge >= 0.3 is 6.61 Å². The molecule has 1 heterocycles. The standard InChI is InChI=1S/C21H17F2NO3/c22-21(23)27-18-9-7-13(10-19(18)26-12-14-4-5-14)6-8-15-2-1-3-17-16(15)11-20(25)24-17/h1-3,6-11,14,21H,4-5,12H2/b8-6+. The Morgan fingerprint density at radius 3 is 2.78 bits per heavy atom. The lowest BCUT2D eigenvalue weighted by atomic mass is 10.1. The molecule has 1 fully saturated rings. The molecule has 0 atom stereocenters. The third-order valence-corrected chi connectivity index (χ3v) is 4.43. The van der Waals surface area contributed by atoms with Crippen LogP contribution < -0.4 is 20.0 Å². The molecule has 0 N–H and O–H groups in total. The van der Waals surface area contributed by atoms with Crippen molar-refractivity contribution in [1.29, 1.82) is 0 Å². The van der Waals surface area contributed by atoms with E-state index in [1.165, 1.54) is 12.1 Å². The molecule has 1 aliphatic heterocycles. The van der Waals surface area contributed by atoms with Gasteiger partial charge < -0.3 is 9.47 Å². The van der Waals surface area contributed by atoms with Crippen molar-refractivity contribution in [3.8, 4) is 11.5 Å². The van der Waals surface area contributed by atoms with Crippen molar-refractivity contribution in [2.45, 2.75) is 19.5 Å². The maximum Gasteiger partial charge on any atom is 0.387 e. The predicted molar refractivity (Wildman–Crippen MR) is 96.9 cm³/mol. The van der Waals surface area contributed by atoms with Gasteiger partial charge in [0.05, 0.1) is 12.0 Å². The molecule has 0 aromatic heterocycles. The largest absolute Gasteiger partial charge is 0.489 e. The number of hydrogen-bond donors (Lipinski definition) is 0. The van der Waals surface area contributed by atoms with Gasteiger partial charge in [-0.15, -0.1) is 0 Å². The van der Waals surface area contributed by atoms with Crippen LogP contribution in [0.25, 0.3) is 18.2 Å². The molecule has 2 aromatic carbocycles. The highest BCUT2D eigenvalue weighted by Crippen LogP contribution is 2.34. The average Bonchev–Trinajstić information content (AvgIpc) is 3.38. The molecule has 138 valence electrons. The van der Waals surface area contributed by atoms with Gasteiger partial charge in [-0.3, -0.25) is 4.79 Å². The van der Waals surface area contributed by atoms with Crippen LogP contribution >= 0.6 is 0 Å². The molecule has 1 saturated carbocycles. The van der Waals surface area contributed by atoms with E-state index in [-0.39, 0.29) is 11.7 Å². The summed E-state index contributed by atoms with van der Waals surface area (Å²) < 4.78 is 35.5. The molecular formula is C21H17F2NO3. The Hall–Kier alpha value is -3.02. The Kier molecular flexibility index (Phi) is 4.71. The first-order chi connectivity index (χ1) is 13.1. The van der Waals surface area contributed by atoms with E-state index < -0.39 is 6.61 Å². The van der Waals surface area contributed by atoms with Crippen LogP contribution in [0.1, 0.15) is 24.0 Å². The number of benzene rings is 2. The molecule has 2 aromatic rings. The summed E-state index contributed by atoms with van der Waals surface area (Å²) in [5.41, 5.74) is 1.64. The number of carbonyl (C=O) groups excluding carboxylic acids is 1. The molecular weight excluding hydrogens is 352 g/mol. The van der Waals surface area contributed by atoms with Crippen molar-refractivity contribution in [1.82, 2.24) is 0 Å². The van der Waals surface area contributed by atoms with E-state index in [4.69, 9.17) is 4.74 Å². The Labute approximate surface area is 154 Å². The maximum atomic E-state index is 12.6. The minimum atomic E-state index is -2.90. The van der Waals surface area contributed by atoms with Crippen LogP contribution in [0.2, 0.25) is 0 Å². The summed E-state index contributed by atoms with van der Waals surface area (Å²) in [6.45, 7) is -2.41. The van der Waals surface area contributed by atoms with Gasteiger partial charge in [0, 0.05) is 11.3 Å². The number of hydrogen-bond acceptors (Lipinski definition) is 3. The number of nitrogens with zero attached hydrogens (tertiary/aromatic N) is 1. The summed E-state index contributed by atoms with van der Waals surface area (Å²) in [6, 6.07) is 10.3. The third kappa shape index (κ3) is 4.22. The molecule has 6 heteroatoms. The molecule has 0 spiro atoms. The zero-order chi connectivity index (χ0) is 18.8. The fraction of sp³-hybridized carbons (Fsp3) is 0.238. The quantitative estimate of drug-likeness (QED) is 0.705. The van der Waals surface area contributed by atoms with Crippen molar-refractivity contribution in [3.05, 3.63) is 58.1 Å². The summed E-state index contributed by atoms with van der Waals surface area (Å²) in [6.07, 6.45) is 7.40. The van der Waals surface area contributed by atoms with E-state index in [9.17, 15) is 13.6 Å². The monoisotopic (exact) mass is 369 g/mol. The van der Waals surface area contributed by atoms with Gasteiger partial charge in [-0.1, -0.05) is 30.4 Å². The molecule has 4 nitrogen and oxygen atoms in total. The van der Waals surface area contributed by atoms with Crippen LogP contribution in [0.15, 0.2) is 41.4 Å². The highest BCUT2D eigenvalue weighted by molar-refractivity contribution is 6.06. The normalized spacial score (nSPS) is 15.6. The lowest BCUT2D eigenvalue weighted by Gasteiger charge is -2.12. The Morgan fingerprint density at radius 2 is 2.00 bits per heavy atom. The van der Waals surface area contributed by atoms with Crippen molar-refractivity contribution < 1.29 is 23.0 Å². The lowest BCUT2D eigenvalue weighted by Crippen LogP contribution is -2.23. The fourth-order valence-corrected chi connectivity index (χ4v) is 2.86. The van der Waals surface area contributed by atoms with E-state index >= 15 is 0 Å². The van der Waals surface area contributed by atoms with E-state index in [0.29, 0.717) is 23.6 Å². The number of ether oxygens (including phenoxy) is 2. The van der Waals surface area contributed by atoms with E-state index in [2.05, 4.69) is 9.73 Å². The highest BCUT2D eigenvalue weighted by atomic mass is 19.3. The van der Waals surface area contributed by atoms with Gasteiger partial charge in [0.1, 0.15) is 0 Å². The van der Waals surface area contributed by atoms with Gasteiger partial charge in [-0.2, -0.15) is 8.78 Å². The molecule has 0 bridgehead atoms. The zero-order valence-corrected chi connectivity index (χ0v) is 14.4. The number of carbonyl (C=O) groups is 1. The number of alkyl halides is 2. The first-order valence-corrected chi connectivity index (χ1v) is 8.72. The molecule has 1 amide bonds. The predicted octanol–water partition coefficient (Wildman–Crippen LogP) is 3.19. The second-order valence-electron chi connectivity index (χ2n) is 6.55. The van der Waals surface area contributed by atoms with Crippen molar-refractivity contribution >= 4 is 24.1 Å². The van der Waals surface area contributed by atoms with E-state index in [1.54, 1.807) is 18.2 Å². The zero-order valence-electron chi connectivity index (χ0n) is 14.4. The second kappa shape index (κ2) is 7.31. The van der Waals surface area contributed by atoms with Gasteiger partial charge in [-0.05, 0) is 48.1 Å². The van der Waals surface area contributed by atoms with Crippen LogP contribution in [0.4, 0.5) is 8.78 Å². The highest BCUT2D eigenvalue weighted by Gasteiger charge is 2.23. The minimum Gasteiger partial charge on any atom is -0.489 e. The molecule has 0 radical (unpaired) electrons. The van der Waals surface area contributed by atoms with Crippen LogP contribution in [-0.4, -0.2) is 19.1 Å². The molecule has 0 unspecified atom stereocenters. The fourth-order valence-electron chi connectivity index (χ4n) is 2.86. The van der Waals surface area contributed by atoms with Crippen molar-refractivity contribution in [3.63, 3.8) is 0 Å². The van der Waals surface area contributed by atoms with Crippen LogP contribution in [-0.2, 0) is 4.79 Å². The minimum absolute atomic E-state index is 0.0288. The molecule has 0 saturated heterocycles. The average molecular weight is 369 g/mol. The van der Waals surface area contributed by atoms with Crippen molar-refractivity contribution in [2.24, 2.45) is 10.9 Å². The third-order valence-electron chi connectivity index (χ3n) is 4.43.